The Morgan fingerprint density at radius 1 is 1.04 bits per heavy atom. The minimum atomic E-state index is -0.288. The summed E-state index contributed by atoms with van der Waals surface area (Å²) < 4.78 is 6.74. The van der Waals surface area contributed by atoms with Crippen molar-refractivity contribution in [3.63, 3.8) is 0 Å². The molecule has 0 fully saturated rings. The van der Waals surface area contributed by atoms with Crippen molar-refractivity contribution in [2.75, 3.05) is 11.1 Å². The molecule has 2 aromatic carbocycles. The Hall–Kier alpha value is -2.53. The number of halogens is 1. The number of nitrogens with two attached hydrogens (primary N) is 1. The van der Waals surface area contributed by atoms with E-state index >= 15 is 0 Å². The van der Waals surface area contributed by atoms with E-state index in [2.05, 4.69) is 21.2 Å². The standard InChI is InChI=1S/C19H17BrN2O2/c1-11-9-13(20)3-5-15(11)17-7-8-18(24-17)19(23)22-16-6-4-14(21)10-12(16)2/h3-10H,21H2,1-2H3,(H,22,23). The molecule has 3 rings (SSSR count). The molecule has 3 aromatic rings. The maximum Gasteiger partial charge on any atom is 0.291 e. The van der Waals surface area contributed by atoms with Gasteiger partial charge in [-0.15, -0.1) is 0 Å². The summed E-state index contributed by atoms with van der Waals surface area (Å²) in [5.41, 5.74) is 10.0. The van der Waals surface area contributed by atoms with Gasteiger partial charge in [0.05, 0.1) is 0 Å². The molecule has 1 aromatic heterocycles. The van der Waals surface area contributed by atoms with Crippen LogP contribution in [0.2, 0.25) is 0 Å². The highest BCUT2D eigenvalue weighted by atomic mass is 79.9. The topological polar surface area (TPSA) is 68.3 Å². The summed E-state index contributed by atoms with van der Waals surface area (Å²) in [6, 6.07) is 14.8. The number of rotatable bonds is 3. The zero-order valence-electron chi connectivity index (χ0n) is 13.4. The Morgan fingerprint density at radius 2 is 1.83 bits per heavy atom. The van der Waals surface area contributed by atoms with Crippen LogP contribution in [0.3, 0.4) is 0 Å². The maximum atomic E-state index is 12.4. The van der Waals surface area contributed by atoms with Gasteiger partial charge in [0.1, 0.15) is 5.76 Å². The number of benzene rings is 2. The van der Waals surface area contributed by atoms with E-state index in [4.69, 9.17) is 10.2 Å². The zero-order chi connectivity index (χ0) is 17.3. The van der Waals surface area contributed by atoms with Crippen molar-refractivity contribution in [1.29, 1.82) is 0 Å². The molecule has 3 N–H and O–H groups in total. The molecule has 0 aliphatic heterocycles. The Labute approximate surface area is 148 Å². The third kappa shape index (κ3) is 3.36. The lowest BCUT2D eigenvalue weighted by Gasteiger charge is -2.08. The van der Waals surface area contributed by atoms with Gasteiger partial charge >= 0.3 is 0 Å². The van der Waals surface area contributed by atoms with Crippen LogP contribution in [0.15, 0.2) is 57.4 Å². The van der Waals surface area contributed by atoms with Gasteiger partial charge < -0.3 is 15.5 Å². The quantitative estimate of drug-likeness (QED) is 0.612. The van der Waals surface area contributed by atoms with Gasteiger partial charge in [-0.3, -0.25) is 4.79 Å². The second kappa shape index (κ2) is 6.53. The average Bonchev–Trinajstić information content (AvgIpc) is 3.00. The monoisotopic (exact) mass is 384 g/mol. The number of anilines is 2. The van der Waals surface area contributed by atoms with Crippen LogP contribution in [0.25, 0.3) is 11.3 Å². The third-order valence-corrected chi connectivity index (χ3v) is 4.28. The number of carbonyl (C=O) groups is 1. The van der Waals surface area contributed by atoms with E-state index in [9.17, 15) is 4.79 Å². The number of nitrogens with one attached hydrogen (secondary N) is 1. The van der Waals surface area contributed by atoms with E-state index in [1.807, 2.05) is 38.1 Å². The van der Waals surface area contributed by atoms with Gasteiger partial charge in [-0.05, 0) is 73.5 Å². The number of nitrogen functional groups attached to an aromatic ring is 1. The molecule has 24 heavy (non-hydrogen) atoms. The van der Waals surface area contributed by atoms with Gasteiger partial charge in [-0.25, -0.2) is 0 Å². The van der Waals surface area contributed by atoms with Gasteiger partial charge in [0.25, 0.3) is 5.91 Å². The summed E-state index contributed by atoms with van der Waals surface area (Å²) in [6.45, 7) is 3.89. The fourth-order valence-corrected chi connectivity index (χ4v) is 2.99. The predicted octanol–water partition coefficient (Wildman–Crippen LogP) is 5.16. The van der Waals surface area contributed by atoms with Crippen LogP contribution >= 0.6 is 15.9 Å². The van der Waals surface area contributed by atoms with E-state index in [-0.39, 0.29) is 11.7 Å². The van der Waals surface area contributed by atoms with Crippen LogP contribution in [-0.4, -0.2) is 5.91 Å². The van der Waals surface area contributed by atoms with Crippen LogP contribution in [0.5, 0.6) is 0 Å². The number of hydrogen-bond donors (Lipinski definition) is 2. The lowest BCUT2D eigenvalue weighted by Crippen LogP contribution is -2.11. The smallest absolute Gasteiger partial charge is 0.291 e. The summed E-state index contributed by atoms with van der Waals surface area (Å²) in [7, 11) is 0. The van der Waals surface area contributed by atoms with Crippen molar-refractivity contribution in [2.24, 2.45) is 0 Å². The summed E-state index contributed by atoms with van der Waals surface area (Å²) in [5.74, 6) is 0.645. The lowest BCUT2D eigenvalue weighted by molar-refractivity contribution is 0.0997. The zero-order valence-corrected chi connectivity index (χ0v) is 15.0. The molecule has 0 bridgehead atoms. The highest BCUT2D eigenvalue weighted by molar-refractivity contribution is 9.10. The van der Waals surface area contributed by atoms with Crippen LogP contribution < -0.4 is 11.1 Å². The highest BCUT2D eigenvalue weighted by Crippen LogP contribution is 2.28. The Kier molecular flexibility index (Phi) is 4.44. The number of hydrogen-bond acceptors (Lipinski definition) is 3. The van der Waals surface area contributed by atoms with E-state index < -0.39 is 0 Å². The van der Waals surface area contributed by atoms with E-state index in [1.165, 1.54) is 0 Å². The first-order valence-electron chi connectivity index (χ1n) is 7.48. The second-order valence-electron chi connectivity index (χ2n) is 5.65. The summed E-state index contributed by atoms with van der Waals surface area (Å²) in [6.07, 6.45) is 0. The van der Waals surface area contributed by atoms with Gasteiger partial charge in [-0.2, -0.15) is 0 Å². The molecular formula is C19H17BrN2O2. The van der Waals surface area contributed by atoms with Crippen molar-refractivity contribution < 1.29 is 9.21 Å². The molecule has 0 unspecified atom stereocenters. The van der Waals surface area contributed by atoms with Crippen LogP contribution in [0.1, 0.15) is 21.7 Å². The summed E-state index contributed by atoms with van der Waals surface area (Å²) in [5, 5.41) is 2.85. The lowest BCUT2D eigenvalue weighted by atomic mass is 10.1. The fourth-order valence-electron chi connectivity index (χ4n) is 2.52. The Balaban J connectivity index is 1.83. The second-order valence-corrected chi connectivity index (χ2v) is 6.57. The van der Waals surface area contributed by atoms with Crippen LogP contribution in [-0.2, 0) is 0 Å². The molecule has 4 nitrogen and oxygen atoms in total. The molecule has 0 saturated carbocycles. The molecule has 122 valence electrons. The van der Waals surface area contributed by atoms with Crippen molar-refractivity contribution >= 4 is 33.2 Å². The highest BCUT2D eigenvalue weighted by Gasteiger charge is 2.14. The average molecular weight is 385 g/mol. The van der Waals surface area contributed by atoms with Crippen molar-refractivity contribution in [2.45, 2.75) is 13.8 Å². The molecule has 1 heterocycles. The normalized spacial score (nSPS) is 10.6. The Morgan fingerprint density at radius 3 is 2.54 bits per heavy atom. The van der Waals surface area contributed by atoms with E-state index in [0.29, 0.717) is 17.1 Å². The van der Waals surface area contributed by atoms with Crippen molar-refractivity contribution in [3.05, 3.63) is 69.9 Å². The minimum absolute atomic E-state index is 0.267. The first kappa shape index (κ1) is 16.3. The molecule has 1 amide bonds. The fraction of sp³-hybridized carbons (Fsp3) is 0.105. The molecule has 0 aliphatic carbocycles. The first-order valence-corrected chi connectivity index (χ1v) is 8.27. The summed E-state index contributed by atoms with van der Waals surface area (Å²) in [4.78, 5) is 12.4. The number of amides is 1. The SMILES string of the molecule is Cc1cc(N)ccc1NC(=O)c1ccc(-c2ccc(Br)cc2C)o1. The third-order valence-electron chi connectivity index (χ3n) is 3.78. The molecule has 0 aliphatic rings. The minimum Gasteiger partial charge on any atom is -0.451 e. The molecule has 0 spiro atoms. The van der Waals surface area contributed by atoms with Gasteiger partial charge in [-0.1, -0.05) is 15.9 Å². The molecule has 5 heteroatoms. The largest absolute Gasteiger partial charge is 0.451 e. The first-order chi connectivity index (χ1) is 11.4. The maximum absolute atomic E-state index is 12.4. The molecule has 0 radical (unpaired) electrons. The number of carbonyl (C=O) groups excluding carboxylic acids is 1. The van der Waals surface area contributed by atoms with Crippen molar-refractivity contribution in [3.8, 4) is 11.3 Å². The van der Waals surface area contributed by atoms with Gasteiger partial charge in [0, 0.05) is 21.4 Å². The van der Waals surface area contributed by atoms with Crippen LogP contribution in [0, 0.1) is 13.8 Å². The predicted molar refractivity (Wildman–Crippen MR) is 100 cm³/mol. The Bertz CT molecular complexity index is 915. The van der Waals surface area contributed by atoms with E-state index in [0.717, 1.165) is 21.2 Å². The molecular weight excluding hydrogens is 368 g/mol. The molecule has 0 atom stereocenters. The van der Waals surface area contributed by atoms with Gasteiger partial charge in [0.2, 0.25) is 0 Å². The molecule has 0 saturated heterocycles. The van der Waals surface area contributed by atoms with Crippen molar-refractivity contribution in [1.82, 2.24) is 0 Å². The van der Waals surface area contributed by atoms with Crippen LogP contribution in [0.4, 0.5) is 11.4 Å². The summed E-state index contributed by atoms with van der Waals surface area (Å²) >= 11 is 3.44. The number of aryl methyl sites for hydroxylation is 2. The number of furan rings is 1. The van der Waals surface area contributed by atoms with Gasteiger partial charge in [0.15, 0.2) is 5.76 Å². The van der Waals surface area contributed by atoms with E-state index in [1.54, 1.807) is 24.3 Å².